The molecular weight excluding hydrogens is 310 g/mol. The molecule has 1 aliphatic heterocycles. The lowest BCUT2D eigenvalue weighted by atomic mass is 9.97. The highest BCUT2D eigenvalue weighted by Crippen LogP contribution is 2.29. The zero-order valence-electron chi connectivity index (χ0n) is 14.5. The molecular formula is C20H23N5. The van der Waals surface area contributed by atoms with Gasteiger partial charge < -0.3 is 9.47 Å². The van der Waals surface area contributed by atoms with E-state index in [4.69, 9.17) is 0 Å². The molecule has 5 nitrogen and oxygen atoms in total. The number of hydrogen-bond acceptors (Lipinski definition) is 4. The van der Waals surface area contributed by atoms with Gasteiger partial charge in [-0.1, -0.05) is 6.07 Å². The predicted octanol–water partition coefficient (Wildman–Crippen LogP) is 3.41. The molecule has 5 heteroatoms. The van der Waals surface area contributed by atoms with Crippen LogP contribution in [0.3, 0.4) is 0 Å². The number of piperidine rings is 1. The Labute approximate surface area is 148 Å². The lowest BCUT2D eigenvalue weighted by molar-refractivity contribution is 0.474. The van der Waals surface area contributed by atoms with Crippen molar-refractivity contribution >= 4 is 5.82 Å². The van der Waals surface area contributed by atoms with Crippen LogP contribution in [0.5, 0.6) is 0 Å². The van der Waals surface area contributed by atoms with Crippen molar-refractivity contribution in [2.24, 2.45) is 0 Å². The average Bonchev–Trinajstić information content (AvgIpc) is 3.11. The molecule has 1 fully saturated rings. The van der Waals surface area contributed by atoms with Crippen molar-refractivity contribution in [3.05, 3.63) is 72.2 Å². The molecule has 1 atom stereocenters. The fourth-order valence-electron chi connectivity index (χ4n) is 3.59. The maximum Gasteiger partial charge on any atom is 0.128 e. The normalized spacial score (nSPS) is 17.6. The third kappa shape index (κ3) is 3.55. The van der Waals surface area contributed by atoms with Gasteiger partial charge in [-0.2, -0.15) is 0 Å². The fraction of sp³-hybridized carbons (Fsp3) is 0.350. The monoisotopic (exact) mass is 333 g/mol. The molecule has 3 aromatic heterocycles. The molecule has 0 N–H and O–H groups in total. The van der Waals surface area contributed by atoms with Crippen LogP contribution in [0, 0.1) is 6.92 Å². The number of nitrogens with zero attached hydrogens (tertiary/aromatic N) is 5. The summed E-state index contributed by atoms with van der Waals surface area (Å²) in [4.78, 5) is 15.8. The van der Waals surface area contributed by atoms with Gasteiger partial charge in [0, 0.05) is 50.0 Å². The van der Waals surface area contributed by atoms with Crippen LogP contribution in [0.4, 0.5) is 5.82 Å². The predicted molar refractivity (Wildman–Crippen MR) is 98.7 cm³/mol. The van der Waals surface area contributed by atoms with Gasteiger partial charge in [-0.05, 0) is 49.1 Å². The van der Waals surface area contributed by atoms with Crippen LogP contribution in [0.2, 0.25) is 0 Å². The van der Waals surface area contributed by atoms with Gasteiger partial charge in [0.1, 0.15) is 11.6 Å². The maximum atomic E-state index is 4.68. The highest BCUT2D eigenvalue weighted by molar-refractivity contribution is 5.41. The van der Waals surface area contributed by atoms with Crippen LogP contribution < -0.4 is 4.90 Å². The van der Waals surface area contributed by atoms with Crippen molar-refractivity contribution in [3.8, 4) is 0 Å². The first-order valence-electron chi connectivity index (χ1n) is 8.87. The van der Waals surface area contributed by atoms with Crippen LogP contribution in [0.15, 0.2) is 55.2 Å². The van der Waals surface area contributed by atoms with E-state index < -0.39 is 0 Å². The third-order valence-electron chi connectivity index (χ3n) is 4.83. The minimum absolute atomic E-state index is 0.433. The number of aryl methyl sites for hydroxylation is 1. The SMILES string of the molecule is Cc1ccnc(N2CCC[C@@H](c3nccn3Cc3cccnc3)C2)c1. The lowest BCUT2D eigenvalue weighted by Crippen LogP contribution is -2.36. The zero-order chi connectivity index (χ0) is 17.1. The lowest BCUT2D eigenvalue weighted by Gasteiger charge is -2.33. The van der Waals surface area contributed by atoms with Crippen LogP contribution in [-0.2, 0) is 6.54 Å². The van der Waals surface area contributed by atoms with Gasteiger partial charge >= 0.3 is 0 Å². The molecule has 25 heavy (non-hydrogen) atoms. The molecule has 128 valence electrons. The van der Waals surface area contributed by atoms with Gasteiger partial charge in [-0.15, -0.1) is 0 Å². The van der Waals surface area contributed by atoms with Crippen molar-refractivity contribution in [1.82, 2.24) is 19.5 Å². The maximum absolute atomic E-state index is 4.68. The Kier molecular flexibility index (Phi) is 4.46. The quantitative estimate of drug-likeness (QED) is 0.734. The molecule has 4 heterocycles. The first-order chi connectivity index (χ1) is 12.3. The molecule has 0 spiro atoms. The van der Waals surface area contributed by atoms with E-state index in [1.807, 2.05) is 36.9 Å². The van der Waals surface area contributed by atoms with Crippen molar-refractivity contribution in [2.75, 3.05) is 18.0 Å². The van der Waals surface area contributed by atoms with E-state index in [-0.39, 0.29) is 0 Å². The molecule has 0 amide bonds. The number of imidazole rings is 1. The first kappa shape index (κ1) is 15.8. The Morgan fingerprint density at radius 1 is 1.16 bits per heavy atom. The van der Waals surface area contributed by atoms with E-state index >= 15 is 0 Å². The highest BCUT2D eigenvalue weighted by Gasteiger charge is 2.25. The van der Waals surface area contributed by atoms with Gasteiger partial charge in [-0.25, -0.2) is 9.97 Å². The molecule has 0 radical (unpaired) electrons. The minimum atomic E-state index is 0.433. The van der Waals surface area contributed by atoms with Gasteiger partial charge in [0.25, 0.3) is 0 Å². The third-order valence-corrected chi connectivity index (χ3v) is 4.83. The van der Waals surface area contributed by atoms with Crippen LogP contribution in [-0.4, -0.2) is 32.6 Å². The molecule has 0 bridgehead atoms. The van der Waals surface area contributed by atoms with E-state index in [1.165, 1.54) is 29.8 Å². The topological polar surface area (TPSA) is 46.8 Å². The fourth-order valence-corrected chi connectivity index (χ4v) is 3.59. The number of hydrogen-bond donors (Lipinski definition) is 0. The van der Waals surface area contributed by atoms with Crippen LogP contribution in [0.25, 0.3) is 0 Å². The number of anilines is 1. The van der Waals surface area contributed by atoms with E-state index in [9.17, 15) is 0 Å². The smallest absolute Gasteiger partial charge is 0.128 e. The summed E-state index contributed by atoms with van der Waals surface area (Å²) in [7, 11) is 0. The van der Waals surface area contributed by atoms with Crippen molar-refractivity contribution < 1.29 is 0 Å². The van der Waals surface area contributed by atoms with Crippen molar-refractivity contribution in [2.45, 2.75) is 32.2 Å². The van der Waals surface area contributed by atoms with Gasteiger partial charge in [0.15, 0.2) is 0 Å². The second-order valence-corrected chi connectivity index (χ2v) is 6.75. The summed E-state index contributed by atoms with van der Waals surface area (Å²) in [5.41, 5.74) is 2.46. The van der Waals surface area contributed by atoms with E-state index in [2.05, 4.69) is 49.7 Å². The second kappa shape index (κ2) is 7.05. The minimum Gasteiger partial charge on any atom is -0.356 e. The van der Waals surface area contributed by atoms with Crippen molar-refractivity contribution in [3.63, 3.8) is 0 Å². The summed E-state index contributed by atoms with van der Waals surface area (Å²) in [5, 5.41) is 0. The molecule has 0 aromatic carbocycles. The Morgan fingerprint density at radius 3 is 2.96 bits per heavy atom. The van der Waals surface area contributed by atoms with Crippen LogP contribution in [0.1, 0.15) is 35.7 Å². The van der Waals surface area contributed by atoms with Gasteiger partial charge in [0.05, 0.1) is 6.54 Å². The molecule has 0 saturated carbocycles. The van der Waals surface area contributed by atoms with E-state index in [1.54, 1.807) is 0 Å². The second-order valence-electron chi connectivity index (χ2n) is 6.75. The Morgan fingerprint density at radius 2 is 2.12 bits per heavy atom. The van der Waals surface area contributed by atoms with E-state index in [0.717, 1.165) is 25.5 Å². The number of rotatable bonds is 4. The molecule has 3 aromatic rings. The summed E-state index contributed by atoms with van der Waals surface area (Å²) < 4.78 is 2.26. The van der Waals surface area contributed by atoms with Gasteiger partial charge in [0.2, 0.25) is 0 Å². The number of aromatic nitrogens is 4. The van der Waals surface area contributed by atoms with E-state index in [0.29, 0.717) is 5.92 Å². The average molecular weight is 333 g/mol. The van der Waals surface area contributed by atoms with Crippen molar-refractivity contribution in [1.29, 1.82) is 0 Å². The Bertz CT molecular complexity index is 827. The summed E-state index contributed by atoms with van der Waals surface area (Å²) in [5.74, 6) is 2.68. The van der Waals surface area contributed by atoms with Gasteiger partial charge in [-0.3, -0.25) is 4.98 Å². The highest BCUT2D eigenvalue weighted by atomic mass is 15.2. The number of pyridine rings is 2. The largest absolute Gasteiger partial charge is 0.356 e. The Balaban J connectivity index is 1.53. The first-order valence-corrected chi connectivity index (χ1v) is 8.87. The summed E-state index contributed by atoms with van der Waals surface area (Å²) >= 11 is 0. The molecule has 4 rings (SSSR count). The zero-order valence-corrected chi connectivity index (χ0v) is 14.5. The molecule has 1 saturated heterocycles. The van der Waals surface area contributed by atoms with Crippen LogP contribution >= 0.6 is 0 Å². The Hall–Kier alpha value is -2.69. The standard InChI is InChI=1S/C20H23N5/c1-16-6-8-22-19(12-16)24-10-3-5-18(15-24)20-23-9-11-25(20)14-17-4-2-7-21-13-17/h2,4,6-9,11-13,18H,3,5,10,14-15H2,1H3/t18-/m1/s1. The summed E-state index contributed by atoms with van der Waals surface area (Å²) in [6.07, 6.45) is 12.0. The molecule has 0 aliphatic carbocycles. The molecule has 0 unspecified atom stereocenters. The summed E-state index contributed by atoms with van der Waals surface area (Å²) in [6.45, 7) is 4.98. The molecule has 1 aliphatic rings. The summed E-state index contributed by atoms with van der Waals surface area (Å²) in [6, 6.07) is 8.31.